The number of carbonyl (C=O) groups is 2. The van der Waals surface area contributed by atoms with Gasteiger partial charge in [0.2, 0.25) is 0 Å². The fraction of sp³-hybridized carbons (Fsp3) is 0.370. The molecule has 3 aromatic heterocycles. The number of aryl methyl sites for hydroxylation is 2. The van der Waals surface area contributed by atoms with Crippen LogP contribution in [0.5, 0.6) is 11.5 Å². The van der Waals surface area contributed by atoms with E-state index in [2.05, 4.69) is 10.4 Å². The van der Waals surface area contributed by atoms with Gasteiger partial charge in [-0.2, -0.15) is 5.10 Å². The largest absolute Gasteiger partial charge is 0.460 e. The summed E-state index contributed by atoms with van der Waals surface area (Å²) in [6.07, 6.45) is 3.14. The lowest BCUT2D eigenvalue weighted by molar-refractivity contribution is 0.00637. The summed E-state index contributed by atoms with van der Waals surface area (Å²) >= 11 is 0. The van der Waals surface area contributed by atoms with E-state index < -0.39 is 18.3 Å². The average molecular weight is 507 g/mol. The first-order chi connectivity index (χ1) is 17.7. The lowest BCUT2D eigenvalue weighted by Crippen LogP contribution is -2.58. The molecule has 0 spiro atoms. The molecule has 192 valence electrons. The summed E-state index contributed by atoms with van der Waals surface area (Å²) < 4.78 is 27.3. The Morgan fingerprint density at radius 3 is 2.73 bits per heavy atom. The van der Waals surface area contributed by atoms with Crippen molar-refractivity contribution in [3.05, 3.63) is 59.1 Å². The van der Waals surface area contributed by atoms with Crippen LogP contribution in [0.4, 0.5) is 4.39 Å². The van der Waals surface area contributed by atoms with E-state index in [-0.39, 0.29) is 24.4 Å². The molecular weight excluding hydrogens is 479 g/mol. The van der Waals surface area contributed by atoms with Crippen molar-refractivity contribution in [3.8, 4) is 11.5 Å². The predicted octanol–water partition coefficient (Wildman–Crippen LogP) is 3.93. The third-order valence-electron chi connectivity index (χ3n) is 7.61. The number of aromatic nitrogens is 2. The zero-order valence-electron chi connectivity index (χ0n) is 20.7. The van der Waals surface area contributed by atoms with Crippen molar-refractivity contribution in [2.24, 2.45) is 0 Å². The van der Waals surface area contributed by atoms with Gasteiger partial charge in [0, 0.05) is 23.7 Å². The maximum Gasteiger partial charge on any atom is 0.256 e. The highest BCUT2D eigenvalue weighted by Gasteiger charge is 2.40. The van der Waals surface area contributed by atoms with E-state index in [1.165, 1.54) is 4.90 Å². The third-order valence-corrected chi connectivity index (χ3v) is 7.61. The SMILES string of the molecule is Cc1oc2cc(Oc3ccnn4cc(C(=O)N5C[C@H](F)C5C)c(C)c34)ccc2c1C(=O)NC1CCC1O. The van der Waals surface area contributed by atoms with Crippen LogP contribution in [0.3, 0.4) is 0 Å². The number of aliphatic hydroxyl groups excluding tert-OH is 1. The first kappa shape index (κ1) is 23.5. The first-order valence-electron chi connectivity index (χ1n) is 12.3. The van der Waals surface area contributed by atoms with Gasteiger partial charge < -0.3 is 24.5 Å². The van der Waals surface area contributed by atoms with E-state index in [9.17, 15) is 19.1 Å². The molecule has 1 saturated heterocycles. The number of furan rings is 1. The standard InChI is InChI=1S/C27H27FN4O5/c1-13-18(27(35)31-12-19(28)14(31)2)11-32-25(13)22(8-9-29-32)37-16-4-5-17-23(10-16)36-15(3)24(17)26(34)30-20-6-7-21(20)33/h4-5,8-11,14,19-21,33H,6-7,12H2,1-3H3,(H,30,34)/t14?,19-,20?,21?/m0/s1. The zero-order chi connectivity index (χ0) is 26.0. The van der Waals surface area contributed by atoms with Gasteiger partial charge in [-0.3, -0.25) is 9.59 Å². The minimum Gasteiger partial charge on any atom is -0.460 e. The van der Waals surface area contributed by atoms with Crippen LogP contribution in [0, 0.1) is 13.8 Å². The maximum atomic E-state index is 13.6. The Hall–Kier alpha value is -3.92. The van der Waals surface area contributed by atoms with Crippen LogP contribution in [0.2, 0.25) is 0 Å². The minimum absolute atomic E-state index is 0.0895. The fourth-order valence-corrected chi connectivity index (χ4v) is 5.07. The Kier molecular flexibility index (Phi) is 5.45. The van der Waals surface area contributed by atoms with E-state index >= 15 is 0 Å². The third kappa shape index (κ3) is 3.74. The number of aliphatic hydroxyl groups is 1. The molecule has 1 aromatic carbocycles. The summed E-state index contributed by atoms with van der Waals surface area (Å²) in [6, 6.07) is 6.25. The number of amides is 2. The number of ether oxygens (including phenoxy) is 1. The Morgan fingerprint density at radius 1 is 1.24 bits per heavy atom. The summed E-state index contributed by atoms with van der Waals surface area (Å²) in [5.74, 6) is 0.947. The van der Waals surface area contributed by atoms with Crippen molar-refractivity contribution >= 4 is 28.3 Å². The summed E-state index contributed by atoms with van der Waals surface area (Å²) in [6.45, 7) is 5.33. The summed E-state index contributed by atoms with van der Waals surface area (Å²) in [5.41, 5.74) is 2.70. The minimum atomic E-state index is -1.00. The van der Waals surface area contributed by atoms with Gasteiger partial charge in [0.05, 0.1) is 42.1 Å². The van der Waals surface area contributed by atoms with Crippen molar-refractivity contribution in [2.45, 2.75) is 58.0 Å². The smallest absolute Gasteiger partial charge is 0.256 e. The second-order valence-electron chi connectivity index (χ2n) is 9.89. The summed E-state index contributed by atoms with van der Waals surface area (Å²) in [7, 11) is 0. The highest BCUT2D eigenvalue weighted by Crippen LogP contribution is 2.35. The highest BCUT2D eigenvalue weighted by molar-refractivity contribution is 6.07. The average Bonchev–Trinajstić information content (AvgIpc) is 3.40. The number of nitrogens with zero attached hydrogens (tertiary/aromatic N) is 3. The topological polar surface area (TPSA) is 109 Å². The monoisotopic (exact) mass is 506 g/mol. The van der Waals surface area contributed by atoms with E-state index in [0.29, 0.717) is 56.9 Å². The van der Waals surface area contributed by atoms with Gasteiger partial charge in [0.1, 0.15) is 28.8 Å². The molecule has 9 nitrogen and oxygen atoms in total. The first-order valence-corrected chi connectivity index (χ1v) is 12.3. The van der Waals surface area contributed by atoms with Crippen molar-refractivity contribution in [2.75, 3.05) is 6.54 Å². The Labute approximate surface area is 211 Å². The molecule has 4 atom stereocenters. The molecule has 37 heavy (non-hydrogen) atoms. The molecule has 1 saturated carbocycles. The van der Waals surface area contributed by atoms with Crippen molar-refractivity contribution in [1.29, 1.82) is 0 Å². The maximum absolute atomic E-state index is 13.6. The van der Waals surface area contributed by atoms with Crippen LogP contribution in [0.1, 0.15) is 51.8 Å². The molecule has 10 heteroatoms. The Morgan fingerprint density at radius 2 is 2.05 bits per heavy atom. The molecule has 2 aliphatic rings. The highest BCUT2D eigenvalue weighted by atomic mass is 19.1. The predicted molar refractivity (Wildman–Crippen MR) is 133 cm³/mol. The normalized spacial score (nSPS) is 23.1. The van der Waals surface area contributed by atoms with E-state index in [4.69, 9.17) is 9.15 Å². The van der Waals surface area contributed by atoms with Crippen LogP contribution in [-0.2, 0) is 0 Å². The number of hydrogen-bond donors (Lipinski definition) is 2. The molecule has 1 aliphatic carbocycles. The van der Waals surface area contributed by atoms with E-state index in [1.807, 2.05) is 6.92 Å². The van der Waals surface area contributed by atoms with Gasteiger partial charge in [0.25, 0.3) is 11.8 Å². The van der Waals surface area contributed by atoms with Gasteiger partial charge in [-0.15, -0.1) is 0 Å². The molecule has 1 aliphatic heterocycles. The van der Waals surface area contributed by atoms with Crippen LogP contribution in [-0.4, -0.2) is 62.3 Å². The number of hydrogen-bond acceptors (Lipinski definition) is 6. The van der Waals surface area contributed by atoms with Gasteiger partial charge >= 0.3 is 0 Å². The number of alkyl halides is 1. The number of nitrogens with one attached hydrogen (secondary N) is 1. The van der Waals surface area contributed by atoms with Crippen LogP contribution < -0.4 is 10.1 Å². The van der Waals surface area contributed by atoms with Crippen molar-refractivity contribution in [3.63, 3.8) is 0 Å². The number of benzene rings is 1. The second kappa shape index (κ2) is 8.58. The number of fused-ring (bicyclic) bond motifs is 2. The number of carbonyl (C=O) groups excluding carboxylic acids is 2. The molecule has 2 N–H and O–H groups in total. The quantitative estimate of drug-likeness (QED) is 0.425. The fourth-order valence-electron chi connectivity index (χ4n) is 5.07. The van der Waals surface area contributed by atoms with E-state index in [0.717, 1.165) is 6.42 Å². The van der Waals surface area contributed by atoms with Crippen LogP contribution >= 0.6 is 0 Å². The number of rotatable bonds is 5. The summed E-state index contributed by atoms with van der Waals surface area (Å²) in [5, 5.41) is 17.7. The summed E-state index contributed by atoms with van der Waals surface area (Å²) in [4.78, 5) is 27.4. The van der Waals surface area contributed by atoms with Gasteiger partial charge in [-0.05, 0) is 51.3 Å². The van der Waals surface area contributed by atoms with E-state index in [1.54, 1.807) is 55.0 Å². The van der Waals surface area contributed by atoms with Crippen molar-refractivity contribution in [1.82, 2.24) is 19.8 Å². The lowest BCUT2D eigenvalue weighted by Gasteiger charge is -2.41. The van der Waals surface area contributed by atoms with Crippen LogP contribution in [0.15, 0.2) is 41.1 Å². The van der Waals surface area contributed by atoms with Gasteiger partial charge in [-0.1, -0.05) is 0 Å². The molecule has 3 unspecified atom stereocenters. The molecule has 0 bridgehead atoms. The Bertz CT molecular complexity index is 1560. The number of likely N-dealkylation sites (tertiary alicyclic amines) is 1. The molecule has 6 rings (SSSR count). The molecule has 2 fully saturated rings. The molecule has 4 aromatic rings. The molecule has 2 amide bonds. The molecule has 0 radical (unpaired) electrons. The Balaban J connectivity index is 1.29. The molecule has 4 heterocycles. The zero-order valence-corrected chi connectivity index (χ0v) is 20.7. The lowest BCUT2D eigenvalue weighted by atomic mass is 9.89. The van der Waals surface area contributed by atoms with Crippen molar-refractivity contribution < 1.29 is 28.2 Å². The second-order valence-corrected chi connectivity index (χ2v) is 9.89. The van der Waals surface area contributed by atoms with Gasteiger partial charge in [-0.25, -0.2) is 8.91 Å². The molecular formula is C27H27FN4O5. The van der Waals surface area contributed by atoms with Crippen LogP contribution in [0.25, 0.3) is 16.5 Å². The number of halogens is 1. The van der Waals surface area contributed by atoms with Gasteiger partial charge in [0.15, 0.2) is 5.75 Å².